The lowest BCUT2D eigenvalue weighted by Crippen LogP contribution is -2.41. The summed E-state index contributed by atoms with van der Waals surface area (Å²) < 4.78 is 0. The number of carboxylic acid groups (broad SMARTS) is 1. The van der Waals surface area contributed by atoms with Gasteiger partial charge in [-0.15, -0.1) is 6.42 Å². The Morgan fingerprint density at radius 3 is 2.56 bits per heavy atom. The van der Waals surface area contributed by atoms with Gasteiger partial charge in [-0.3, -0.25) is 4.79 Å². The standard InChI is InChI=1S/C20H19NO3S/c1-3-14-9-10-16(17(13-14)15-7-5-4-6-8-15)19(22)21-18(20(23)24)11-12-25-2/h1,4-10,13,18H,11-12H2,2H3,(H,21,22)(H,23,24)/t18-/m0/s1. The molecule has 1 amide bonds. The van der Waals surface area contributed by atoms with Crippen LogP contribution >= 0.6 is 11.8 Å². The van der Waals surface area contributed by atoms with Crippen LogP contribution in [-0.2, 0) is 4.79 Å². The Morgan fingerprint density at radius 1 is 1.24 bits per heavy atom. The van der Waals surface area contributed by atoms with Gasteiger partial charge in [-0.25, -0.2) is 4.79 Å². The summed E-state index contributed by atoms with van der Waals surface area (Å²) in [5, 5.41) is 11.9. The average molecular weight is 353 g/mol. The smallest absolute Gasteiger partial charge is 0.326 e. The van der Waals surface area contributed by atoms with E-state index in [0.717, 1.165) is 5.56 Å². The summed E-state index contributed by atoms with van der Waals surface area (Å²) in [6.45, 7) is 0. The highest BCUT2D eigenvalue weighted by molar-refractivity contribution is 7.98. The Bertz CT molecular complexity index is 796. The van der Waals surface area contributed by atoms with Crippen LogP contribution in [-0.4, -0.2) is 35.0 Å². The molecule has 2 aromatic rings. The maximum absolute atomic E-state index is 12.7. The van der Waals surface area contributed by atoms with Gasteiger partial charge in [0.15, 0.2) is 0 Å². The summed E-state index contributed by atoms with van der Waals surface area (Å²) in [4.78, 5) is 24.1. The van der Waals surface area contributed by atoms with E-state index in [1.807, 2.05) is 36.6 Å². The van der Waals surface area contributed by atoms with Crippen LogP contribution in [0.1, 0.15) is 22.3 Å². The maximum Gasteiger partial charge on any atom is 0.326 e. The van der Waals surface area contributed by atoms with Gasteiger partial charge in [-0.05, 0) is 47.8 Å². The fourth-order valence-corrected chi connectivity index (χ4v) is 2.89. The molecule has 4 nitrogen and oxygen atoms in total. The third kappa shape index (κ3) is 4.88. The number of thioether (sulfide) groups is 1. The largest absolute Gasteiger partial charge is 0.480 e. The van der Waals surface area contributed by atoms with Crippen LogP contribution in [0.25, 0.3) is 11.1 Å². The molecule has 0 aromatic heterocycles. The number of carboxylic acids is 1. The van der Waals surface area contributed by atoms with Gasteiger partial charge < -0.3 is 10.4 Å². The Labute approximate surface area is 151 Å². The van der Waals surface area contributed by atoms with Crippen molar-refractivity contribution < 1.29 is 14.7 Å². The summed E-state index contributed by atoms with van der Waals surface area (Å²) >= 11 is 1.54. The molecule has 2 rings (SSSR count). The van der Waals surface area contributed by atoms with E-state index in [0.29, 0.717) is 28.9 Å². The molecule has 0 fully saturated rings. The number of rotatable bonds is 7. The Morgan fingerprint density at radius 2 is 1.96 bits per heavy atom. The van der Waals surface area contributed by atoms with Crippen molar-refractivity contribution in [1.82, 2.24) is 5.32 Å². The molecule has 0 saturated carbocycles. The van der Waals surface area contributed by atoms with Gasteiger partial charge in [0.05, 0.1) is 0 Å². The summed E-state index contributed by atoms with van der Waals surface area (Å²) in [5.41, 5.74) is 2.59. The van der Waals surface area contributed by atoms with Crippen molar-refractivity contribution in [2.24, 2.45) is 0 Å². The number of hydrogen-bond acceptors (Lipinski definition) is 3. The fraction of sp³-hybridized carbons (Fsp3) is 0.200. The van der Waals surface area contributed by atoms with Crippen molar-refractivity contribution in [3.63, 3.8) is 0 Å². The molecule has 5 heteroatoms. The average Bonchev–Trinajstić information content (AvgIpc) is 2.64. The fourth-order valence-electron chi connectivity index (χ4n) is 2.42. The van der Waals surface area contributed by atoms with E-state index in [2.05, 4.69) is 11.2 Å². The number of aliphatic carboxylic acids is 1. The van der Waals surface area contributed by atoms with Gasteiger partial charge >= 0.3 is 5.97 Å². The quantitative estimate of drug-likeness (QED) is 0.750. The first-order valence-corrected chi connectivity index (χ1v) is 9.15. The molecule has 128 valence electrons. The highest BCUT2D eigenvalue weighted by Gasteiger charge is 2.22. The van der Waals surface area contributed by atoms with Crippen molar-refractivity contribution in [3.05, 3.63) is 59.7 Å². The zero-order valence-electron chi connectivity index (χ0n) is 13.9. The van der Waals surface area contributed by atoms with E-state index in [9.17, 15) is 14.7 Å². The molecule has 0 spiro atoms. The Kier molecular flexibility index (Phi) is 6.67. The normalized spacial score (nSPS) is 11.4. The number of benzene rings is 2. The highest BCUT2D eigenvalue weighted by atomic mass is 32.2. The summed E-state index contributed by atoms with van der Waals surface area (Å²) in [6.07, 6.45) is 7.73. The van der Waals surface area contributed by atoms with E-state index < -0.39 is 17.9 Å². The third-order valence-electron chi connectivity index (χ3n) is 3.73. The van der Waals surface area contributed by atoms with Gasteiger partial charge in [0.25, 0.3) is 5.91 Å². The van der Waals surface area contributed by atoms with E-state index in [1.165, 1.54) is 11.8 Å². The number of terminal acetylenes is 1. The second-order valence-corrected chi connectivity index (χ2v) is 6.40. The van der Waals surface area contributed by atoms with Crippen molar-refractivity contribution in [3.8, 4) is 23.5 Å². The van der Waals surface area contributed by atoms with Crippen molar-refractivity contribution in [2.75, 3.05) is 12.0 Å². The predicted molar refractivity (Wildman–Crippen MR) is 102 cm³/mol. The molecule has 25 heavy (non-hydrogen) atoms. The molecular weight excluding hydrogens is 334 g/mol. The number of carbonyl (C=O) groups is 2. The molecule has 0 heterocycles. The minimum Gasteiger partial charge on any atom is -0.480 e. The third-order valence-corrected chi connectivity index (χ3v) is 4.37. The minimum absolute atomic E-state index is 0.366. The van der Waals surface area contributed by atoms with Crippen molar-refractivity contribution >= 4 is 23.6 Å². The SMILES string of the molecule is C#Cc1ccc(C(=O)N[C@@H](CCSC)C(=O)O)c(-c2ccccc2)c1. The van der Waals surface area contributed by atoms with Crippen LogP contribution in [0, 0.1) is 12.3 Å². The van der Waals surface area contributed by atoms with E-state index in [-0.39, 0.29) is 0 Å². The summed E-state index contributed by atoms with van der Waals surface area (Å²) in [6, 6.07) is 13.6. The Hall–Kier alpha value is -2.71. The lowest BCUT2D eigenvalue weighted by molar-refractivity contribution is -0.139. The van der Waals surface area contributed by atoms with Crippen molar-refractivity contribution in [1.29, 1.82) is 0 Å². The van der Waals surface area contributed by atoms with Crippen LogP contribution < -0.4 is 5.32 Å². The van der Waals surface area contributed by atoms with Crippen LogP contribution in [0.5, 0.6) is 0 Å². The minimum atomic E-state index is -1.04. The lowest BCUT2D eigenvalue weighted by Gasteiger charge is -2.16. The molecule has 0 aliphatic carbocycles. The van der Waals surface area contributed by atoms with Crippen LogP contribution in [0.2, 0.25) is 0 Å². The number of carbonyl (C=O) groups excluding carboxylic acids is 1. The zero-order chi connectivity index (χ0) is 18.2. The van der Waals surface area contributed by atoms with Gasteiger partial charge in [0.2, 0.25) is 0 Å². The molecule has 2 aromatic carbocycles. The zero-order valence-corrected chi connectivity index (χ0v) is 14.7. The van der Waals surface area contributed by atoms with Gasteiger partial charge in [-0.1, -0.05) is 36.3 Å². The highest BCUT2D eigenvalue weighted by Crippen LogP contribution is 2.25. The number of amides is 1. The lowest BCUT2D eigenvalue weighted by atomic mass is 9.96. The van der Waals surface area contributed by atoms with E-state index in [4.69, 9.17) is 6.42 Å². The summed E-state index contributed by atoms with van der Waals surface area (Å²) in [5.74, 6) is 1.75. The first-order chi connectivity index (χ1) is 12.1. The van der Waals surface area contributed by atoms with Crippen molar-refractivity contribution in [2.45, 2.75) is 12.5 Å². The molecule has 0 saturated heterocycles. The topological polar surface area (TPSA) is 66.4 Å². The molecule has 0 unspecified atom stereocenters. The van der Waals surface area contributed by atoms with Crippen LogP contribution in [0.15, 0.2) is 48.5 Å². The van der Waals surface area contributed by atoms with Gasteiger partial charge in [0.1, 0.15) is 6.04 Å². The van der Waals surface area contributed by atoms with Gasteiger partial charge in [-0.2, -0.15) is 11.8 Å². The second-order valence-electron chi connectivity index (χ2n) is 5.42. The first-order valence-electron chi connectivity index (χ1n) is 7.75. The van der Waals surface area contributed by atoms with Crippen LogP contribution in [0.4, 0.5) is 0 Å². The molecule has 1 atom stereocenters. The monoisotopic (exact) mass is 353 g/mol. The Balaban J connectivity index is 2.36. The van der Waals surface area contributed by atoms with Crippen LogP contribution in [0.3, 0.4) is 0 Å². The number of hydrogen-bond donors (Lipinski definition) is 2. The van der Waals surface area contributed by atoms with Gasteiger partial charge in [0, 0.05) is 11.1 Å². The molecule has 0 aliphatic rings. The molecule has 2 N–H and O–H groups in total. The number of nitrogens with one attached hydrogen (secondary N) is 1. The van der Waals surface area contributed by atoms with E-state index >= 15 is 0 Å². The second kappa shape index (κ2) is 8.95. The summed E-state index contributed by atoms with van der Waals surface area (Å²) in [7, 11) is 0. The van der Waals surface area contributed by atoms with E-state index in [1.54, 1.807) is 18.2 Å². The molecular formula is C20H19NO3S. The first kappa shape index (κ1) is 18.6. The molecule has 0 aliphatic heterocycles. The molecule has 0 bridgehead atoms. The molecule has 0 radical (unpaired) electrons. The predicted octanol–water partition coefficient (Wildman–Crippen LogP) is 3.27. The maximum atomic E-state index is 12.7.